The first-order valence-corrected chi connectivity index (χ1v) is 10.2. The first kappa shape index (κ1) is 24.9. The minimum Gasteiger partial charge on any atom is -0.444 e. The van der Waals surface area contributed by atoms with Crippen molar-refractivity contribution < 1.29 is 14.3 Å². The number of methoxy groups -OCH3 is 1. The molecule has 2 aliphatic rings. The number of amides is 1. The van der Waals surface area contributed by atoms with Gasteiger partial charge in [-0.25, -0.2) is 4.79 Å². The van der Waals surface area contributed by atoms with Crippen LogP contribution in [0.4, 0.5) is 4.79 Å². The monoisotopic (exact) mass is 370 g/mol. The lowest BCUT2D eigenvalue weighted by Crippen LogP contribution is -2.39. The lowest BCUT2D eigenvalue weighted by molar-refractivity contribution is 0.0522. The Morgan fingerprint density at radius 2 is 1.85 bits per heavy atom. The molecule has 0 aromatic rings. The summed E-state index contributed by atoms with van der Waals surface area (Å²) in [7, 11) is 1.68. The zero-order chi connectivity index (χ0) is 20.0. The van der Waals surface area contributed by atoms with Gasteiger partial charge in [-0.1, -0.05) is 25.5 Å². The highest BCUT2D eigenvalue weighted by Gasteiger charge is 2.28. The van der Waals surface area contributed by atoms with E-state index in [0.717, 1.165) is 25.7 Å². The van der Waals surface area contributed by atoms with Gasteiger partial charge in [0.05, 0.1) is 0 Å². The molecular weight excluding hydrogens is 328 g/mol. The van der Waals surface area contributed by atoms with Crippen LogP contribution >= 0.6 is 0 Å². The first-order valence-electron chi connectivity index (χ1n) is 10.2. The van der Waals surface area contributed by atoms with E-state index < -0.39 is 5.60 Å². The second kappa shape index (κ2) is 14.0. The molecule has 0 heterocycles. The Morgan fingerprint density at radius 1 is 1.27 bits per heavy atom. The molecule has 2 saturated carbocycles. The summed E-state index contributed by atoms with van der Waals surface area (Å²) in [6.07, 6.45) is 8.60. The maximum absolute atomic E-state index is 11.6. The predicted octanol–water partition coefficient (Wildman–Crippen LogP) is 4.76. The van der Waals surface area contributed by atoms with Crippen molar-refractivity contribution in [3.8, 4) is 0 Å². The normalized spacial score (nSPS) is 15.8. The van der Waals surface area contributed by atoms with Crippen LogP contribution in [0.2, 0.25) is 0 Å². The van der Waals surface area contributed by atoms with E-state index in [9.17, 15) is 4.79 Å². The Hall–Kier alpha value is -1.07. The van der Waals surface area contributed by atoms with Gasteiger partial charge in [0.2, 0.25) is 0 Å². The van der Waals surface area contributed by atoms with Crippen LogP contribution in [0, 0.1) is 0 Å². The molecule has 0 atom stereocenters. The van der Waals surface area contributed by atoms with E-state index in [4.69, 9.17) is 4.74 Å². The molecule has 0 spiro atoms. The van der Waals surface area contributed by atoms with Gasteiger partial charge in [0.15, 0.2) is 0 Å². The van der Waals surface area contributed by atoms with Crippen molar-refractivity contribution in [3.05, 3.63) is 11.6 Å². The average molecular weight is 371 g/mol. The maximum atomic E-state index is 11.6. The summed E-state index contributed by atoms with van der Waals surface area (Å²) in [6, 6.07) is 0.729. The van der Waals surface area contributed by atoms with Crippen molar-refractivity contribution in [1.82, 2.24) is 10.2 Å². The summed E-state index contributed by atoms with van der Waals surface area (Å²) < 4.78 is 9.78. The van der Waals surface area contributed by atoms with E-state index in [-0.39, 0.29) is 6.09 Å². The summed E-state index contributed by atoms with van der Waals surface area (Å²) in [5, 5.41) is 2.84. The van der Waals surface area contributed by atoms with Gasteiger partial charge in [-0.05, 0) is 59.8 Å². The standard InChI is InChI=1S/C16H28N2O2.C3H8O.C2H6/c1-16(2,3)20-15(19)17-10-12-18(14-7-8-14)11-9-13-5-4-6-13;1-3-4-2;1-2/h9,14H,4-8,10-12H2,1-3H3,(H,17,19);3H2,1-2H3;1-2H3. The summed E-state index contributed by atoms with van der Waals surface area (Å²) in [5.41, 5.74) is 1.19. The van der Waals surface area contributed by atoms with Crippen molar-refractivity contribution >= 4 is 6.09 Å². The first-order chi connectivity index (χ1) is 12.4. The van der Waals surface area contributed by atoms with Crippen LogP contribution in [0.5, 0.6) is 0 Å². The number of hydrogen-bond donors (Lipinski definition) is 1. The quantitative estimate of drug-likeness (QED) is 0.656. The van der Waals surface area contributed by atoms with Crippen molar-refractivity contribution in [3.63, 3.8) is 0 Å². The van der Waals surface area contributed by atoms with E-state index in [1.54, 1.807) is 12.7 Å². The summed E-state index contributed by atoms with van der Waals surface area (Å²) in [6.45, 7) is 15.0. The Morgan fingerprint density at radius 3 is 2.23 bits per heavy atom. The Bertz CT molecular complexity index is 391. The summed E-state index contributed by atoms with van der Waals surface area (Å²) in [4.78, 5) is 14.1. The van der Waals surface area contributed by atoms with Crippen LogP contribution in [-0.2, 0) is 9.47 Å². The summed E-state index contributed by atoms with van der Waals surface area (Å²) in [5.74, 6) is 0. The van der Waals surface area contributed by atoms with Gasteiger partial charge in [0, 0.05) is 39.4 Å². The maximum Gasteiger partial charge on any atom is 0.407 e. The molecule has 0 unspecified atom stereocenters. The second-order valence-corrected chi connectivity index (χ2v) is 7.45. The molecular formula is C21H42N2O3. The van der Waals surface area contributed by atoms with E-state index >= 15 is 0 Å². The number of nitrogens with zero attached hydrogens (tertiary/aromatic N) is 1. The van der Waals surface area contributed by atoms with Crippen molar-refractivity contribution in [2.24, 2.45) is 0 Å². The number of carbonyl (C=O) groups excluding carboxylic acids is 1. The molecule has 0 radical (unpaired) electrons. The topological polar surface area (TPSA) is 50.8 Å². The van der Waals surface area contributed by atoms with Crippen LogP contribution in [0.25, 0.3) is 0 Å². The van der Waals surface area contributed by atoms with Gasteiger partial charge in [0.25, 0.3) is 0 Å². The highest BCUT2D eigenvalue weighted by Crippen LogP contribution is 2.28. The average Bonchev–Trinajstić information content (AvgIpc) is 3.37. The lowest BCUT2D eigenvalue weighted by atomic mass is 9.92. The summed E-state index contributed by atoms with van der Waals surface area (Å²) >= 11 is 0. The molecule has 0 bridgehead atoms. The molecule has 0 saturated heterocycles. The molecule has 0 aromatic carbocycles. The number of nitrogens with one attached hydrogen (secondary N) is 1. The fourth-order valence-electron chi connectivity index (χ4n) is 2.31. The molecule has 5 heteroatoms. The zero-order valence-electron chi connectivity index (χ0n) is 18.2. The highest BCUT2D eigenvalue weighted by molar-refractivity contribution is 5.67. The van der Waals surface area contributed by atoms with Crippen molar-refractivity contribution in [2.45, 2.75) is 85.3 Å². The van der Waals surface area contributed by atoms with Crippen LogP contribution in [-0.4, -0.2) is 56.0 Å². The van der Waals surface area contributed by atoms with Gasteiger partial charge >= 0.3 is 6.09 Å². The molecule has 1 N–H and O–H groups in total. The smallest absolute Gasteiger partial charge is 0.407 e. The third-order valence-corrected chi connectivity index (χ3v) is 4.03. The lowest BCUT2D eigenvalue weighted by Gasteiger charge is -2.24. The fraction of sp³-hybridized carbons (Fsp3) is 0.857. The van der Waals surface area contributed by atoms with Gasteiger partial charge in [0.1, 0.15) is 5.60 Å². The third-order valence-electron chi connectivity index (χ3n) is 4.03. The number of carbonyl (C=O) groups is 1. The fourth-order valence-corrected chi connectivity index (χ4v) is 2.31. The van der Waals surface area contributed by atoms with Crippen LogP contribution in [0.1, 0.15) is 73.6 Å². The number of ether oxygens (including phenoxy) is 2. The van der Waals surface area contributed by atoms with Gasteiger partial charge in [-0.3, -0.25) is 4.90 Å². The minimum absolute atomic E-state index is 0.314. The van der Waals surface area contributed by atoms with E-state index in [0.29, 0.717) is 6.54 Å². The molecule has 26 heavy (non-hydrogen) atoms. The molecule has 0 aromatic heterocycles. The number of alkyl carbamates (subject to hydrolysis) is 1. The van der Waals surface area contributed by atoms with E-state index in [1.165, 1.54) is 32.1 Å². The Kier molecular flexibility index (Phi) is 13.5. The van der Waals surface area contributed by atoms with Gasteiger partial charge in [-0.15, -0.1) is 0 Å². The van der Waals surface area contributed by atoms with Crippen molar-refractivity contribution in [1.29, 1.82) is 0 Å². The van der Waals surface area contributed by atoms with Crippen LogP contribution in [0.3, 0.4) is 0 Å². The van der Waals surface area contributed by atoms with Gasteiger partial charge < -0.3 is 14.8 Å². The number of rotatable bonds is 7. The third kappa shape index (κ3) is 13.2. The SMILES string of the molecule is CC.CC(C)(C)OC(=O)NCCN(CC=C1CCC1)C1CC1.CCOC. The number of allylic oxidation sites excluding steroid dienone is 1. The van der Waals surface area contributed by atoms with Crippen LogP contribution in [0.15, 0.2) is 11.6 Å². The Labute approximate surface area is 161 Å². The largest absolute Gasteiger partial charge is 0.444 e. The Balaban J connectivity index is 0.000000920. The predicted molar refractivity (Wildman–Crippen MR) is 110 cm³/mol. The number of hydrogen-bond acceptors (Lipinski definition) is 4. The molecule has 1 amide bonds. The van der Waals surface area contributed by atoms with E-state index in [1.807, 2.05) is 41.5 Å². The van der Waals surface area contributed by atoms with E-state index in [2.05, 4.69) is 21.0 Å². The molecule has 2 fully saturated rings. The molecule has 5 nitrogen and oxygen atoms in total. The van der Waals surface area contributed by atoms with Crippen molar-refractivity contribution in [2.75, 3.05) is 33.4 Å². The zero-order valence-corrected chi connectivity index (χ0v) is 18.2. The molecule has 2 rings (SSSR count). The van der Waals surface area contributed by atoms with Crippen LogP contribution < -0.4 is 5.32 Å². The highest BCUT2D eigenvalue weighted by atomic mass is 16.6. The molecule has 0 aliphatic heterocycles. The second-order valence-electron chi connectivity index (χ2n) is 7.45. The molecule has 2 aliphatic carbocycles. The van der Waals surface area contributed by atoms with Gasteiger partial charge in [-0.2, -0.15) is 0 Å². The molecule has 154 valence electrons. The minimum atomic E-state index is -0.422.